The molecule has 0 aliphatic heterocycles. The van der Waals surface area contributed by atoms with Crippen LogP contribution in [0.4, 0.5) is 0 Å². The summed E-state index contributed by atoms with van der Waals surface area (Å²) < 4.78 is 0. The number of hydrogen-bond acceptors (Lipinski definition) is 0. The Balaban J connectivity index is 2.34. The molecule has 2 aromatic rings. The van der Waals surface area contributed by atoms with Crippen LogP contribution >= 0.6 is 0 Å². The van der Waals surface area contributed by atoms with Gasteiger partial charge in [0.25, 0.3) is 0 Å². The third-order valence-electron chi connectivity index (χ3n) is 2.46. The normalized spacial score (nSPS) is 10.8. The monoisotopic (exact) mass is 185 g/mol. The second-order valence-electron chi connectivity index (χ2n) is 3.87. The Hall–Kier alpha value is -1.50. The fraction of sp³-hybridized carbons (Fsp3) is 0.231. The van der Waals surface area contributed by atoms with Crippen molar-refractivity contribution < 1.29 is 0 Å². The number of hydrogen-bond donors (Lipinski definition) is 1. The van der Waals surface area contributed by atoms with Gasteiger partial charge in [0.15, 0.2) is 0 Å². The van der Waals surface area contributed by atoms with E-state index in [2.05, 4.69) is 55.4 Å². The molecule has 1 nitrogen and oxygen atoms in total. The Morgan fingerprint density at radius 3 is 2.36 bits per heavy atom. The predicted octanol–water partition coefficient (Wildman–Crippen LogP) is 3.81. The summed E-state index contributed by atoms with van der Waals surface area (Å²) in [5.74, 6) is 0.587. The molecule has 0 saturated heterocycles. The van der Waals surface area contributed by atoms with Gasteiger partial charge >= 0.3 is 0 Å². The van der Waals surface area contributed by atoms with E-state index in [1.807, 2.05) is 6.07 Å². The highest BCUT2D eigenvalue weighted by Gasteiger charge is 2.03. The summed E-state index contributed by atoms with van der Waals surface area (Å²) in [5, 5.41) is 0. The Morgan fingerprint density at radius 1 is 1.07 bits per heavy atom. The summed E-state index contributed by atoms with van der Waals surface area (Å²) in [6.45, 7) is 4.41. The first-order chi connectivity index (χ1) is 6.77. The summed E-state index contributed by atoms with van der Waals surface area (Å²) in [6, 6.07) is 12.6. The van der Waals surface area contributed by atoms with E-state index in [1.165, 1.54) is 16.8 Å². The van der Waals surface area contributed by atoms with Crippen LogP contribution < -0.4 is 0 Å². The Morgan fingerprint density at radius 2 is 1.79 bits per heavy atom. The lowest BCUT2D eigenvalue weighted by Crippen LogP contribution is -1.80. The average Bonchev–Trinajstić information content (AvgIpc) is 2.68. The molecule has 0 atom stereocenters. The molecule has 0 saturated carbocycles. The lowest BCUT2D eigenvalue weighted by molar-refractivity contribution is 0.869. The minimum absolute atomic E-state index is 0.587. The maximum Gasteiger partial charge on any atom is 0.0456 e. The molecule has 1 aromatic heterocycles. The fourth-order valence-electron chi connectivity index (χ4n) is 1.53. The maximum absolute atomic E-state index is 3.30. The fourth-order valence-corrected chi connectivity index (χ4v) is 1.53. The van der Waals surface area contributed by atoms with Gasteiger partial charge in [0.2, 0.25) is 0 Å². The molecule has 1 aromatic carbocycles. The Kier molecular flexibility index (Phi) is 2.40. The molecule has 0 aliphatic carbocycles. The van der Waals surface area contributed by atoms with Gasteiger partial charge in [-0.25, -0.2) is 0 Å². The first-order valence-corrected chi connectivity index (χ1v) is 5.01. The van der Waals surface area contributed by atoms with Gasteiger partial charge in [-0.05, 0) is 23.1 Å². The minimum atomic E-state index is 0.587. The standard InChI is InChI=1S/C13H15N/c1-10(2)12-8-13(14-9-12)11-6-4-3-5-7-11/h3-10,14H,1-2H3. The molecule has 1 N–H and O–H groups in total. The highest BCUT2D eigenvalue weighted by atomic mass is 14.7. The van der Waals surface area contributed by atoms with E-state index < -0.39 is 0 Å². The molecule has 0 aliphatic rings. The lowest BCUT2D eigenvalue weighted by Gasteiger charge is -1.98. The molecule has 1 heteroatoms. The van der Waals surface area contributed by atoms with Crippen molar-refractivity contribution in [3.8, 4) is 11.3 Å². The van der Waals surface area contributed by atoms with Crippen molar-refractivity contribution in [2.75, 3.05) is 0 Å². The van der Waals surface area contributed by atoms with E-state index in [1.54, 1.807) is 0 Å². The van der Waals surface area contributed by atoms with Crippen molar-refractivity contribution in [3.63, 3.8) is 0 Å². The summed E-state index contributed by atoms with van der Waals surface area (Å²) in [6.07, 6.45) is 2.09. The number of aromatic nitrogens is 1. The maximum atomic E-state index is 3.30. The molecule has 0 bridgehead atoms. The van der Waals surface area contributed by atoms with Crippen molar-refractivity contribution in [1.82, 2.24) is 4.98 Å². The van der Waals surface area contributed by atoms with Gasteiger partial charge < -0.3 is 4.98 Å². The second kappa shape index (κ2) is 3.70. The van der Waals surface area contributed by atoms with Gasteiger partial charge in [-0.1, -0.05) is 44.2 Å². The number of H-pyrrole nitrogens is 1. The van der Waals surface area contributed by atoms with Crippen LogP contribution in [-0.4, -0.2) is 4.98 Å². The Bertz CT molecular complexity index is 398. The van der Waals surface area contributed by atoms with Crippen LogP contribution in [0.25, 0.3) is 11.3 Å². The van der Waals surface area contributed by atoms with Crippen LogP contribution in [0.2, 0.25) is 0 Å². The SMILES string of the molecule is CC(C)c1c[nH]c(-c2ccccc2)c1. The topological polar surface area (TPSA) is 15.8 Å². The van der Waals surface area contributed by atoms with E-state index in [-0.39, 0.29) is 0 Å². The number of rotatable bonds is 2. The molecule has 2 rings (SSSR count). The third-order valence-corrected chi connectivity index (χ3v) is 2.46. The van der Waals surface area contributed by atoms with Crippen LogP contribution in [0.3, 0.4) is 0 Å². The van der Waals surface area contributed by atoms with E-state index in [0.29, 0.717) is 5.92 Å². The average molecular weight is 185 g/mol. The highest BCUT2D eigenvalue weighted by molar-refractivity contribution is 5.60. The second-order valence-corrected chi connectivity index (χ2v) is 3.87. The first kappa shape index (κ1) is 9.07. The van der Waals surface area contributed by atoms with Crippen molar-refractivity contribution in [1.29, 1.82) is 0 Å². The largest absolute Gasteiger partial charge is 0.361 e. The van der Waals surface area contributed by atoms with Gasteiger partial charge in [-0.15, -0.1) is 0 Å². The van der Waals surface area contributed by atoms with Crippen LogP contribution in [0.1, 0.15) is 25.3 Å². The highest BCUT2D eigenvalue weighted by Crippen LogP contribution is 2.22. The quantitative estimate of drug-likeness (QED) is 0.732. The predicted molar refractivity (Wildman–Crippen MR) is 60.3 cm³/mol. The number of aromatic amines is 1. The molecule has 0 amide bonds. The van der Waals surface area contributed by atoms with E-state index in [9.17, 15) is 0 Å². The van der Waals surface area contributed by atoms with Crippen molar-refractivity contribution in [2.45, 2.75) is 19.8 Å². The van der Waals surface area contributed by atoms with Gasteiger partial charge in [-0.3, -0.25) is 0 Å². The van der Waals surface area contributed by atoms with Crippen molar-refractivity contribution in [3.05, 3.63) is 48.2 Å². The molecule has 0 spiro atoms. The van der Waals surface area contributed by atoms with E-state index in [4.69, 9.17) is 0 Å². The molecule has 0 fully saturated rings. The molecular weight excluding hydrogens is 170 g/mol. The van der Waals surface area contributed by atoms with Gasteiger partial charge in [-0.2, -0.15) is 0 Å². The van der Waals surface area contributed by atoms with Crippen LogP contribution in [0, 0.1) is 0 Å². The summed E-state index contributed by atoms with van der Waals surface area (Å²) in [5.41, 5.74) is 3.82. The molecule has 0 radical (unpaired) electrons. The number of benzene rings is 1. The lowest BCUT2D eigenvalue weighted by atomic mass is 10.1. The zero-order valence-electron chi connectivity index (χ0n) is 8.62. The van der Waals surface area contributed by atoms with Gasteiger partial charge in [0.1, 0.15) is 0 Å². The molecule has 14 heavy (non-hydrogen) atoms. The van der Waals surface area contributed by atoms with Crippen molar-refractivity contribution in [2.24, 2.45) is 0 Å². The summed E-state index contributed by atoms with van der Waals surface area (Å²) in [4.78, 5) is 3.30. The minimum Gasteiger partial charge on any atom is -0.361 e. The van der Waals surface area contributed by atoms with E-state index in [0.717, 1.165) is 0 Å². The summed E-state index contributed by atoms with van der Waals surface area (Å²) >= 11 is 0. The van der Waals surface area contributed by atoms with Gasteiger partial charge in [0.05, 0.1) is 0 Å². The van der Waals surface area contributed by atoms with Crippen molar-refractivity contribution >= 4 is 0 Å². The molecular formula is C13H15N. The Labute approximate surface area is 84.8 Å². The molecule has 72 valence electrons. The van der Waals surface area contributed by atoms with Crippen LogP contribution in [-0.2, 0) is 0 Å². The first-order valence-electron chi connectivity index (χ1n) is 5.01. The summed E-state index contributed by atoms with van der Waals surface area (Å²) in [7, 11) is 0. The molecule has 0 unspecified atom stereocenters. The zero-order valence-corrected chi connectivity index (χ0v) is 8.62. The smallest absolute Gasteiger partial charge is 0.0456 e. The van der Waals surface area contributed by atoms with Gasteiger partial charge in [0, 0.05) is 11.9 Å². The van der Waals surface area contributed by atoms with Crippen LogP contribution in [0.15, 0.2) is 42.6 Å². The van der Waals surface area contributed by atoms with E-state index >= 15 is 0 Å². The van der Waals surface area contributed by atoms with Crippen LogP contribution in [0.5, 0.6) is 0 Å². The molecule has 1 heterocycles. The zero-order chi connectivity index (χ0) is 9.97. The number of nitrogens with one attached hydrogen (secondary N) is 1. The third kappa shape index (κ3) is 1.72.